The van der Waals surface area contributed by atoms with Crippen LogP contribution in [0.5, 0.6) is 11.5 Å². The highest BCUT2D eigenvalue weighted by molar-refractivity contribution is 5.97. The normalized spacial score (nSPS) is 11.2. The fraction of sp³-hybridized carbons (Fsp3) is 0.160. The molecule has 0 aliphatic carbocycles. The maximum atomic E-state index is 15.0. The number of hydrogen-bond acceptors (Lipinski definition) is 8. The van der Waals surface area contributed by atoms with Crippen molar-refractivity contribution in [2.45, 2.75) is 12.2 Å². The van der Waals surface area contributed by atoms with Gasteiger partial charge in [-0.1, -0.05) is 0 Å². The SMILES string of the molecule is COc1cc(F)c(C(Nc2ccc(C(=N)N)cc2)C(=O)NNC(=O)c2ccncc2F)cc1OC.O=C(O)C(F)(F)F. The van der Waals surface area contributed by atoms with Gasteiger partial charge in [-0.3, -0.25) is 30.8 Å². The van der Waals surface area contributed by atoms with E-state index in [1.165, 1.54) is 26.5 Å². The smallest absolute Gasteiger partial charge is 0.490 e. The first kappa shape index (κ1) is 32.7. The van der Waals surface area contributed by atoms with Gasteiger partial charge in [0.2, 0.25) is 0 Å². The van der Waals surface area contributed by atoms with Gasteiger partial charge in [0.05, 0.1) is 26.0 Å². The Morgan fingerprint density at radius 2 is 1.55 bits per heavy atom. The van der Waals surface area contributed by atoms with Crippen molar-refractivity contribution in [2.24, 2.45) is 5.73 Å². The summed E-state index contributed by atoms with van der Waals surface area (Å²) in [5, 5.41) is 17.5. The van der Waals surface area contributed by atoms with E-state index in [1.54, 1.807) is 24.3 Å². The van der Waals surface area contributed by atoms with Gasteiger partial charge >= 0.3 is 12.1 Å². The first-order valence-electron chi connectivity index (χ1n) is 11.3. The second kappa shape index (κ2) is 14.2. The molecular weight excluding hydrogens is 575 g/mol. The van der Waals surface area contributed by atoms with E-state index in [1.807, 2.05) is 0 Å². The maximum Gasteiger partial charge on any atom is 0.490 e. The van der Waals surface area contributed by atoms with Crippen LogP contribution < -0.4 is 31.4 Å². The fourth-order valence-corrected chi connectivity index (χ4v) is 3.11. The molecule has 1 aromatic heterocycles. The summed E-state index contributed by atoms with van der Waals surface area (Å²) in [4.78, 5) is 37.8. The zero-order valence-electron chi connectivity index (χ0n) is 21.7. The summed E-state index contributed by atoms with van der Waals surface area (Å²) >= 11 is 0. The highest BCUT2D eigenvalue weighted by atomic mass is 19.4. The highest BCUT2D eigenvalue weighted by Crippen LogP contribution is 2.34. The molecule has 0 saturated carbocycles. The number of carboxylic acids is 1. The number of nitrogens with zero attached hydrogens (tertiary/aromatic N) is 1. The molecule has 224 valence electrons. The summed E-state index contributed by atoms with van der Waals surface area (Å²) in [5.74, 6) is -6.11. The van der Waals surface area contributed by atoms with Gasteiger partial charge in [-0.05, 0) is 36.4 Å². The average molecular weight is 598 g/mol. The number of carbonyl (C=O) groups excluding carboxylic acids is 2. The van der Waals surface area contributed by atoms with Crippen molar-refractivity contribution in [3.63, 3.8) is 0 Å². The number of carbonyl (C=O) groups is 3. The number of nitrogen functional groups attached to an aromatic ring is 1. The van der Waals surface area contributed by atoms with Crippen LogP contribution in [0.4, 0.5) is 27.6 Å². The van der Waals surface area contributed by atoms with Crippen LogP contribution in [0.1, 0.15) is 27.5 Å². The summed E-state index contributed by atoms with van der Waals surface area (Å²) in [7, 11) is 2.69. The number of amidine groups is 1. The number of hydrogen-bond donors (Lipinski definition) is 6. The van der Waals surface area contributed by atoms with Gasteiger partial charge in [-0.25, -0.2) is 13.6 Å². The van der Waals surface area contributed by atoms with Gasteiger partial charge in [0.25, 0.3) is 11.8 Å². The Kier molecular flexibility index (Phi) is 11.1. The number of nitrogens with one attached hydrogen (secondary N) is 4. The Hall–Kier alpha value is -5.48. The van der Waals surface area contributed by atoms with Crippen molar-refractivity contribution < 1.29 is 50.9 Å². The zero-order valence-corrected chi connectivity index (χ0v) is 21.7. The van der Waals surface area contributed by atoms with E-state index in [-0.39, 0.29) is 28.5 Å². The number of alkyl halides is 3. The molecule has 3 rings (SSSR count). The van der Waals surface area contributed by atoms with Crippen molar-refractivity contribution in [3.05, 3.63) is 83.2 Å². The van der Waals surface area contributed by atoms with Gasteiger partial charge < -0.3 is 25.6 Å². The average Bonchev–Trinajstić information content (AvgIpc) is 2.94. The van der Waals surface area contributed by atoms with Crippen LogP contribution in [-0.2, 0) is 9.59 Å². The summed E-state index contributed by atoms with van der Waals surface area (Å²) in [6.45, 7) is 0. The van der Waals surface area contributed by atoms with Crippen LogP contribution in [-0.4, -0.2) is 54.1 Å². The summed E-state index contributed by atoms with van der Waals surface area (Å²) < 4.78 is 70.9. The molecule has 0 aliphatic rings. The molecule has 2 aromatic carbocycles. The molecular formula is C25H23F5N6O6. The molecule has 2 amide bonds. The molecule has 1 heterocycles. The Bertz CT molecular complexity index is 1450. The van der Waals surface area contributed by atoms with Gasteiger partial charge in [-0.2, -0.15) is 13.2 Å². The van der Waals surface area contributed by atoms with Gasteiger partial charge in [0, 0.05) is 29.1 Å². The topological polar surface area (TPSA) is 189 Å². The van der Waals surface area contributed by atoms with E-state index in [0.29, 0.717) is 11.3 Å². The third kappa shape index (κ3) is 8.77. The molecule has 0 aliphatic heterocycles. The summed E-state index contributed by atoms with van der Waals surface area (Å²) in [6, 6.07) is 8.26. The van der Waals surface area contributed by atoms with Crippen LogP contribution in [0.15, 0.2) is 54.9 Å². The minimum absolute atomic E-state index is 0.111. The van der Waals surface area contributed by atoms with E-state index in [9.17, 15) is 27.2 Å². The second-order valence-electron chi connectivity index (χ2n) is 7.90. The molecule has 3 aromatic rings. The number of halogens is 5. The number of aromatic nitrogens is 1. The Balaban J connectivity index is 0.000000782. The standard InChI is InChI=1S/C23H22F2N6O4.C2HF3O2/c1-34-18-9-15(16(24)10-19(18)35-2)20(29-13-5-3-12(4-6-13)21(26)27)23(33)31-30-22(32)14-7-8-28-11-17(14)25;3-2(4,5)1(6)7/h3-11,20,29H,1-2H3,(H3,26,27)(H,30,32)(H,31,33);(H,6,7). The minimum Gasteiger partial charge on any atom is -0.493 e. The number of amides is 2. The molecule has 17 heteroatoms. The third-order valence-electron chi connectivity index (χ3n) is 5.14. The lowest BCUT2D eigenvalue weighted by atomic mass is 10.0. The first-order chi connectivity index (χ1) is 19.7. The van der Waals surface area contributed by atoms with E-state index in [0.717, 1.165) is 18.3 Å². The van der Waals surface area contributed by atoms with Crippen molar-refractivity contribution in [2.75, 3.05) is 19.5 Å². The maximum absolute atomic E-state index is 15.0. The molecule has 42 heavy (non-hydrogen) atoms. The van der Waals surface area contributed by atoms with Crippen molar-refractivity contribution in [3.8, 4) is 11.5 Å². The predicted molar refractivity (Wildman–Crippen MR) is 137 cm³/mol. The number of anilines is 1. The molecule has 12 nitrogen and oxygen atoms in total. The third-order valence-corrected chi connectivity index (χ3v) is 5.14. The van der Waals surface area contributed by atoms with Crippen LogP contribution in [0.2, 0.25) is 0 Å². The second-order valence-corrected chi connectivity index (χ2v) is 7.90. The summed E-state index contributed by atoms with van der Waals surface area (Å²) in [5.41, 5.74) is 10.1. The van der Waals surface area contributed by atoms with Crippen LogP contribution in [0.25, 0.3) is 0 Å². The Labute approximate surface area is 234 Å². The number of nitrogens with two attached hydrogens (primary N) is 1. The number of carboxylic acid groups (broad SMARTS) is 1. The highest BCUT2D eigenvalue weighted by Gasteiger charge is 2.38. The van der Waals surface area contributed by atoms with Crippen LogP contribution >= 0.6 is 0 Å². The predicted octanol–water partition coefficient (Wildman–Crippen LogP) is 2.91. The Morgan fingerprint density at radius 3 is 2.05 bits per heavy atom. The lowest BCUT2D eigenvalue weighted by molar-refractivity contribution is -0.192. The summed E-state index contributed by atoms with van der Waals surface area (Å²) in [6.07, 6.45) is -3.02. The number of aliphatic carboxylic acids is 1. The number of rotatable bonds is 8. The number of ether oxygens (including phenoxy) is 2. The van der Waals surface area contributed by atoms with Gasteiger partial charge in [0.1, 0.15) is 17.7 Å². The monoisotopic (exact) mass is 598 g/mol. The molecule has 1 atom stereocenters. The number of benzene rings is 2. The lowest BCUT2D eigenvalue weighted by Gasteiger charge is -2.22. The number of hydrazine groups is 1. The van der Waals surface area contributed by atoms with Crippen molar-refractivity contribution in [1.29, 1.82) is 5.41 Å². The lowest BCUT2D eigenvalue weighted by Crippen LogP contribution is -2.45. The van der Waals surface area contributed by atoms with E-state index in [2.05, 4.69) is 21.2 Å². The van der Waals surface area contributed by atoms with Crippen molar-refractivity contribution >= 4 is 29.3 Å². The van der Waals surface area contributed by atoms with Gasteiger partial charge in [-0.15, -0.1) is 0 Å². The number of methoxy groups -OCH3 is 2. The van der Waals surface area contributed by atoms with Crippen molar-refractivity contribution in [1.82, 2.24) is 15.8 Å². The first-order valence-corrected chi connectivity index (χ1v) is 11.3. The van der Waals surface area contributed by atoms with Crippen LogP contribution in [0.3, 0.4) is 0 Å². The molecule has 0 bridgehead atoms. The van der Waals surface area contributed by atoms with E-state index < -0.39 is 41.6 Å². The molecule has 0 spiro atoms. The minimum atomic E-state index is -5.08. The van der Waals surface area contributed by atoms with E-state index in [4.69, 9.17) is 30.5 Å². The Morgan fingerprint density at radius 1 is 0.976 bits per heavy atom. The molecule has 0 fully saturated rings. The number of pyridine rings is 1. The quantitative estimate of drug-likeness (QED) is 0.0980. The molecule has 7 N–H and O–H groups in total. The molecule has 1 unspecified atom stereocenters. The molecule has 0 radical (unpaired) electrons. The fourth-order valence-electron chi connectivity index (χ4n) is 3.11. The van der Waals surface area contributed by atoms with Gasteiger partial charge in [0.15, 0.2) is 17.3 Å². The molecule has 0 saturated heterocycles. The largest absolute Gasteiger partial charge is 0.493 e. The van der Waals surface area contributed by atoms with Crippen LogP contribution in [0, 0.1) is 17.0 Å². The van der Waals surface area contributed by atoms with E-state index >= 15 is 4.39 Å². The zero-order chi connectivity index (χ0) is 31.6.